The van der Waals surface area contributed by atoms with Crippen LogP contribution in [0.3, 0.4) is 0 Å². The molecule has 0 aliphatic rings. The molecule has 0 fully saturated rings. The summed E-state index contributed by atoms with van der Waals surface area (Å²) in [6.07, 6.45) is 0. The molecule has 0 aromatic heterocycles. The maximum atomic E-state index is 0. The minimum absolute atomic E-state index is 0. The molecule has 0 aliphatic carbocycles. The van der Waals surface area contributed by atoms with E-state index >= 15 is 0 Å². The van der Waals surface area contributed by atoms with Gasteiger partial charge in [-0.1, -0.05) is 0 Å². The van der Waals surface area contributed by atoms with Crippen molar-refractivity contribution in [3.63, 3.8) is 0 Å². The van der Waals surface area contributed by atoms with Crippen LogP contribution in [-0.4, -0.2) is 0 Å². The summed E-state index contributed by atoms with van der Waals surface area (Å²) in [4.78, 5) is 0. The van der Waals surface area contributed by atoms with E-state index in [-0.39, 0.29) is 169 Å². The average molecular weight is 685 g/mol. The molecule has 0 aromatic carbocycles. The fourth-order valence-electron chi connectivity index (χ4n) is 0. The van der Waals surface area contributed by atoms with Gasteiger partial charge in [0.25, 0.3) is 0 Å². The van der Waals surface area contributed by atoms with Gasteiger partial charge in [0.15, 0.2) is 0 Å². The summed E-state index contributed by atoms with van der Waals surface area (Å²) in [7, 11) is 0. The normalized spacial score (nSPS) is 0. The molecule has 1 radical (unpaired) electrons. The molecule has 0 nitrogen and oxygen atoms in total. The molecule has 0 atom stereocenters. The van der Waals surface area contributed by atoms with E-state index in [1.54, 1.807) is 0 Å². The SMILES string of the molecule is I.I.I.[H-].[Na+].[Sc].[Th]. The van der Waals surface area contributed by atoms with Gasteiger partial charge in [-0.05, 0) is 0 Å². The molecule has 0 heterocycles. The molecule has 0 bridgehead atoms. The minimum Gasteiger partial charge on any atom is -1.00 e. The fraction of sp³-hybridized carbons (Fsp3) is 0. The maximum Gasteiger partial charge on any atom is 1.00 e. The Morgan fingerprint density at radius 3 is 0.833 bits per heavy atom. The van der Waals surface area contributed by atoms with Crippen molar-refractivity contribution in [2.75, 3.05) is 0 Å². The van der Waals surface area contributed by atoms with Crippen molar-refractivity contribution in [2.45, 2.75) is 0 Å². The first-order valence-corrected chi connectivity index (χ1v) is 0. The van der Waals surface area contributed by atoms with Crippen LogP contribution in [0.2, 0.25) is 0 Å². The fourth-order valence-corrected chi connectivity index (χ4v) is 0. The number of halogens is 3. The monoisotopic (exact) mass is 685 g/mol. The van der Waals surface area contributed by atoms with Gasteiger partial charge < -0.3 is 1.43 Å². The average Bonchev–Trinajstić information content (AvgIpc) is 0. The van der Waals surface area contributed by atoms with Crippen LogP contribution in [0.25, 0.3) is 0 Å². The van der Waals surface area contributed by atoms with Gasteiger partial charge in [-0.3, -0.25) is 0 Å². The van der Waals surface area contributed by atoms with Crippen LogP contribution in [0.15, 0.2) is 0 Å². The first-order chi connectivity index (χ1) is 0. The predicted octanol–water partition coefficient (Wildman–Crippen LogP) is -1.03. The van der Waals surface area contributed by atoms with E-state index in [1.165, 1.54) is 0 Å². The summed E-state index contributed by atoms with van der Waals surface area (Å²) in [5.74, 6) is 0. The maximum absolute atomic E-state index is 0. The number of rotatable bonds is 0. The first-order valence-electron chi connectivity index (χ1n) is 0. The van der Waals surface area contributed by atoms with Crippen molar-refractivity contribution in [3.8, 4) is 0 Å². The summed E-state index contributed by atoms with van der Waals surface area (Å²) in [6, 6.07) is 0. The van der Waals surface area contributed by atoms with Gasteiger partial charge in [0, 0.05) is 65.8 Å². The van der Waals surface area contributed by atoms with E-state index in [0.717, 1.165) is 0 Å². The minimum atomic E-state index is 0. The molecule has 33 valence electrons. The van der Waals surface area contributed by atoms with Crippen molar-refractivity contribution < 1.29 is 96.8 Å². The van der Waals surface area contributed by atoms with Crippen LogP contribution >= 0.6 is 71.9 Å². The van der Waals surface area contributed by atoms with Crippen LogP contribution in [0, 0.1) is 39.9 Å². The molecule has 0 spiro atoms. The number of hydrogen-bond acceptors (Lipinski definition) is 0. The Hall–Kier alpha value is 5.38. The van der Waals surface area contributed by atoms with Crippen LogP contribution in [0.1, 0.15) is 1.43 Å². The van der Waals surface area contributed by atoms with Gasteiger partial charge >= 0.3 is 29.6 Å². The smallest absolute Gasteiger partial charge is 1.00 e. The topological polar surface area (TPSA) is 0 Å². The van der Waals surface area contributed by atoms with E-state index < -0.39 is 0 Å². The van der Waals surface area contributed by atoms with Gasteiger partial charge in [0.05, 0.1) is 0 Å². The molecule has 0 saturated heterocycles. The van der Waals surface area contributed by atoms with Crippen molar-refractivity contribution in [2.24, 2.45) is 0 Å². The van der Waals surface area contributed by atoms with Gasteiger partial charge in [0.2, 0.25) is 0 Å². The second-order valence-electron chi connectivity index (χ2n) is 0. The molecule has 0 aliphatic heterocycles. The molecular formula is H4I3NaScTh. The third-order valence-electron chi connectivity index (χ3n) is 0. The summed E-state index contributed by atoms with van der Waals surface area (Å²) in [5, 5.41) is 0. The third-order valence-corrected chi connectivity index (χ3v) is 0. The van der Waals surface area contributed by atoms with Gasteiger partial charge in [0.1, 0.15) is 0 Å². The second-order valence-corrected chi connectivity index (χ2v) is 0. The van der Waals surface area contributed by atoms with Gasteiger partial charge in [-0.15, -0.1) is 71.9 Å². The van der Waals surface area contributed by atoms with Crippen LogP contribution in [0.4, 0.5) is 0 Å². The first kappa shape index (κ1) is 42.3. The van der Waals surface area contributed by atoms with E-state index in [0.29, 0.717) is 0 Å². The summed E-state index contributed by atoms with van der Waals surface area (Å²) in [5.41, 5.74) is 0. The van der Waals surface area contributed by atoms with Crippen LogP contribution in [0.5, 0.6) is 0 Å². The summed E-state index contributed by atoms with van der Waals surface area (Å²) < 4.78 is 0. The Kier molecular flexibility index (Phi) is 223. The molecule has 0 saturated carbocycles. The summed E-state index contributed by atoms with van der Waals surface area (Å²) >= 11 is 0. The quantitative estimate of drug-likeness (QED) is 0.227. The Bertz CT molecular complexity index is 14.9. The molecule has 0 N–H and O–H groups in total. The van der Waals surface area contributed by atoms with Crippen LogP contribution in [-0.2, 0) is 25.8 Å². The van der Waals surface area contributed by atoms with Gasteiger partial charge in [-0.25, -0.2) is 0 Å². The Labute approximate surface area is 164 Å². The Morgan fingerprint density at radius 1 is 0.833 bits per heavy atom. The Balaban J connectivity index is 0. The molecule has 6 heavy (non-hydrogen) atoms. The summed E-state index contributed by atoms with van der Waals surface area (Å²) in [6.45, 7) is 0. The molecule has 0 aromatic rings. The molecule has 0 unspecified atom stereocenters. The zero-order chi connectivity index (χ0) is 0. The second kappa shape index (κ2) is 31.5. The van der Waals surface area contributed by atoms with Crippen molar-refractivity contribution >= 4 is 71.9 Å². The van der Waals surface area contributed by atoms with Gasteiger partial charge in [-0.2, -0.15) is 0 Å². The molecule has 0 amide bonds. The van der Waals surface area contributed by atoms with Crippen molar-refractivity contribution in [1.82, 2.24) is 0 Å². The zero-order valence-electron chi connectivity index (χ0n) is 4.30. The largest absolute Gasteiger partial charge is 1.00 e. The predicted molar refractivity (Wildman–Crippen MR) is 47.4 cm³/mol. The zero-order valence-corrected chi connectivity index (χ0v) is 18.2. The molecule has 0 rings (SSSR count). The van der Waals surface area contributed by atoms with Crippen molar-refractivity contribution in [1.29, 1.82) is 0 Å². The molecule has 6 heteroatoms. The van der Waals surface area contributed by atoms with E-state index in [2.05, 4.69) is 0 Å². The van der Waals surface area contributed by atoms with E-state index in [9.17, 15) is 0 Å². The standard InChI is InChI=1S/3HI.Na.Sc.Th.H/h3*1H;;;;/q;;;+1;;;-1. The number of hydrogen-bond donors (Lipinski definition) is 0. The third kappa shape index (κ3) is 22.8. The van der Waals surface area contributed by atoms with E-state index in [4.69, 9.17) is 0 Å². The van der Waals surface area contributed by atoms with E-state index in [1.807, 2.05) is 0 Å². The molecular weight excluding hydrogens is 681 g/mol. The van der Waals surface area contributed by atoms with Crippen LogP contribution < -0.4 is 29.6 Å². The van der Waals surface area contributed by atoms with Crippen molar-refractivity contribution in [3.05, 3.63) is 0 Å². The Morgan fingerprint density at radius 2 is 0.833 bits per heavy atom.